The van der Waals surface area contributed by atoms with Gasteiger partial charge < -0.3 is 4.74 Å². The second-order valence-corrected chi connectivity index (χ2v) is 6.47. The molecule has 4 heteroatoms. The van der Waals surface area contributed by atoms with Gasteiger partial charge in [0.1, 0.15) is 17.9 Å². The molecule has 0 spiro atoms. The lowest BCUT2D eigenvalue weighted by Gasteiger charge is -2.07. The van der Waals surface area contributed by atoms with Gasteiger partial charge in [0.25, 0.3) is 0 Å². The van der Waals surface area contributed by atoms with Crippen LogP contribution in [0.3, 0.4) is 0 Å². The Hall–Kier alpha value is -2.46. The van der Waals surface area contributed by atoms with Crippen LogP contribution in [0.4, 0.5) is 0 Å². The van der Waals surface area contributed by atoms with Gasteiger partial charge in [0.2, 0.25) is 0 Å². The van der Waals surface area contributed by atoms with Gasteiger partial charge in [-0.1, -0.05) is 37.3 Å². The number of ether oxygens (including phenoxy) is 1. The molecule has 0 unspecified atom stereocenters. The Morgan fingerprint density at radius 3 is 2.74 bits per heavy atom. The van der Waals surface area contributed by atoms with Gasteiger partial charge in [-0.3, -0.25) is 4.98 Å². The van der Waals surface area contributed by atoms with Crippen LogP contribution in [0.15, 0.2) is 54.7 Å². The predicted octanol–water partition coefficient (Wildman–Crippen LogP) is 4.99. The maximum atomic E-state index is 5.89. The third-order valence-corrected chi connectivity index (χ3v) is 5.04. The van der Waals surface area contributed by atoms with Crippen LogP contribution in [0, 0.1) is 0 Å². The van der Waals surface area contributed by atoms with Gasteiger partial charge in [0.05, 0.1) is 21.4 Å². The van der Waals surface area contributed by atoms with Crippen molar-refractivity contribution in [1.29, 1.82) is 0 Å². The van der Waals surface area contributed by atoms with Gasteiger partial charge in [-0.25, -0.2) is 4.98 Å². The summed E-state index contributed by atoms with van der Waals surface area (Å²) < 4.78 is 7.10. The van der Waals surface area contributed by atoms with Crippen LogP contribution in [0.25, 0.3) is 21.1 Å². The van der Waals surface area contributed by atoms with E-state index in [1.807, 2.05) is 36.5 Å². The highest BCUT2D eigenvalue weighted by Crippen LogP contribution is 2.31. The second kappa shape index (κ2) is 5.97. The highest BCUT2D eigenvalue weighted by Gasteiger charge is 2.08. The lowest BCUT2D eigenvalue weighted by atomic mass is 10.2. The Morgan fingerprint density at radius 1 is 1.04 bits per heavy atom. The Balaban J connectivity index is 1.66. The monoisotopic (exact) mass is 320 g/mol. The van der Waals surface area contributed by atoms with E-state index < -0.39 is 0 Å². The van der Waals surface area contributed by atoms with E-state index in [1.54, 1.807) is 11.3 Å². The molecule has 0 bridgehead atoms. The summed E-state index contributed by atoms with van der Waals surface area (Å²) in [6.45, 7) is 2.69. The van der Waals surface area contributed by atoms with Gasteiger partial charge >= 0.3 is 0 Å². The van der Waals surface area contributed by atoms with Crippen molar-refractivity contribution in [3.63, 3.8) is 0 Å². The molecule has 0 amide bonds. The quantitative estimate of drug-likeness (QED) is 0.531. The predicted molar refractivity (Wildman–Crippen MR) is 95.1 cm³/mol. The van der Waals surface area contributed by atoms with Gasteiger partial charge in [0.15, 0.2) is 0 Å². The van der Waals surface area contributed by atoms with Crippen LogP contribution < -0.4 is 4.74 Å². The van der Waals surface area contributed by atoms with Crippen molar-refractivity contribution in [2.75, 3.05) is 0 Å². The van der Waals surface area contributed by atoms with E-state index in [4.69, 9.17) is 4.74 Å². The Morgan fingerprint density at radius 2 is 1.91 bits per heavy atom. The van der Waals surface area contributed by atoms with E-state index in [0.29, 0.717) is 6.61 Å². The molecule has 0 N–H and O–H groups in total. The number of benzene rings is 2. The standard InChI is InChI=1S/C19H16N2OS/c1-2-18-21-17-11-20-16-10-14(8-9-15(16)19(17)23-18)22-12-13-6-4-3-5-7-13/h3-11H,2,12H2,1H3. The van der Waals surface area contributed by atoms with Crippen LogP contribution in [-0.2, 0) is 13.0 Å². The summed E-state index contributed by atoms with van der Waals surface area (Å²) in [5, 5.41) is 2.30. The lowest BCUT2D eigenvalue weighted by Crippen LogP contribution is -1.95. The summed E-state index contributed by atoms with van der Waals surface area (Å²) >= 11 is 1.75. The maximum absolute atomic E-state index is 5.89. The zero-order chi connectivity index (χ0) is 15.6. The number of thiazole rings is 1. The molecule has 23 heavy (non-hydrogen) atoms. The number of nitrogens with zero attached hydrogens (tertiary/aromatic N) is 2. The van der Waals surface area contributed by atoms with Crippen molar-refractivity contribution < 1.29 is 4.74 Å². The molecule has 4 aromatic rings. The molecule has 0 aliphatic carbocycles. The first-order valence-corrected chi connectivity index (χ1v) is 8.50. The van der Waals surface area contributed by atoms with Crippen LogP contribution >= 0.6 is 11.3 Å². The van der Waals surface area contributed by atoms with E-state index in [-0.39, 0.29) is 0 Å². The summed E-state index contributed by atoms with van der Waals surface area (Å²) in [6.07, 6.45) is 2.81. The molecule has 0 atom stereocenters. The fourth-order valence-electron chi connectivity index (χ4n) is 2.58. The molecule has 114 valence electrons. The molecule has 2 aromatic carbocycles. The highest BCUT2D eigenvalue weighted by atomic mass is 32.1. The first-order chi connectivity index (χ1) is 11.3. The van der Waals surface area contributed by atoms with Gasteiger partial charge in [0, 0.05) is 11.5 Å². The summed E-state index contributed by atoms with van der Waals surface area (Å²) in [6, 6.07) is 16.3. The zero-order valence-electron chi connectivity index (χ0n) is 12.8. The first-order valence-electron chi connectivity index (χ1n) is 7.68. The summed E-state index contributed by atoms with van der Waals surface area (Å²) in [4.78, 5) is 9.14. The number of fused-ring (bicyclic) bond motifs is 3. The van der Waals surface area contributed by atoms with Crippen LogP contribution in [0.2, 0.25) is 0 Å². The van der Waals surface area contributed by atoms with E-state index >= 15 is 0 Å². The lowest BCUT2D eigenvalue weighted by molar-refractivity contribution is 0.306. The molecular weight excluding hydrogens is 304 g/mol. The van der Waals surface area contributed by atoms with E-state index in [0.717, 1.165) is 39.2 Å². The van der Waals surface area contributed by atoms with Crippen molar-refractivity contribution >= 4 is 32.5 Å². The van der Waals surface area contributed by atoms with Crippen molar-refractivity contribution in [3.05, 3.63) is 65.3 Å². The summed E-state index contributed by atoms with van der Waals surface area (Å²) in [5.41, 5.74) is 3.10. The van der Waals surface area contributed by atoms with Crippen molar-refractivity contribution in [3.8, 4) is 5.75 Å². The molecule has 0 aliphatic rings. The molecule has 0 saturated heterocycles. The largest absolute Gasteiger partial charge is 0.489 e. The van der Waals surface area contributed by atoms with Gasteiger partial charge in [-0.2, -0.15) is 0 Å². The van der Waals surface area contributed by atoms with Crippen molar-refractivity contribution in [2.24, 2.45) is 0 Å². The molecule has 0 fully saturated rings. The molecule has 0 radical (unpaired) electrons. The minimum Gasteiger partial charge on any atom is -0.489 e. The number of hydrogen-bond acceptors (Lipinski definition) is 4. The van der Waals surface area contributed by atoms with Crippen LogP contribution in [-0.4, -0.2) is 9.97 Å². The topological polar surface area (TPSA) is 35.0 Å². The first kappa shape index (κ1) is 14.2. The van der Waals surface area contributed by atoms with E-state index in [9.17, 15) is 0 Å². The molecular formula is C19H16N2OS. The fourth-order valence-corrected chi connectivity index (χ4v) is 3.59. The summed E-state index contributed by atoms with van der Waals surface area (Å²) in [5.74, 6) is 0.841. The molecule has 2 aromatic heterocycles. The molecule has 4 rings (SSSR count). The third kappa shape index (κ3) is 2.78. The average molecular weight is 320 g/mol. The van der Waals surface area contributed by atoms with Gasteiger partial charge in [-0.15, -0.1) is 11.3 Å². The molecule has 3 nitrogen and oxygen atoms in total. The van der Waals surface area contributed by atoms with E-state index in [1.165, 1.54) is 4.70 Å². The highest BCUT2D eigenvalue weighted by molar-refractivity contribution is 7.19. The fraction of sp³-hybridized carbons (Fsp3) is 0.158. The van der Waals surface area contributed by atoms with Crippen LogP contribution in [0.1, 0.15) is 17.5 Å². The Bertz CT molecular complexity index is 963. The van der Waals surface area contributed by atoms with Gasteiger partial charge in [-0.05, 0) is 24.1 Å². The third-order valence-electron chi connectivity index (χ3n) is 3.79. The minimum atomic E-state index is 0.565. The zero-order valence-corrected chi connectivity index (χ0v) is 13.6. The molecule has 0 aliphatic heterocycles. The summed E-state index contributed by atoms with van der Waals surface area (Å²) in [7, 11) is 0. The van der Waals surface area contributed by atoms with Crippen molar-refractivity contribution in [1.82, 2.24) is 9.97 Å². The SMILES string of the molecule is CCc1nc2cnc3cc(OCc4ccccc4)ccc3c2s1. The van der Waals surface area contributed by atoms with Crippen LogP contribution in [0.5, 0.6) is 5.75 Å². The molecule has 2 heterocycles. The van der Waals surface area contributed by atoms with E-state index in [2.05, 4.69) is 35.1 Å². The molecule has 0 saturated carbocycles. The number of rotatable bonds is 4. The average Bonchev–Trinajstić information content (AvgIpc) is 3.04. The maximum Gasteiger partial charge on any atom is 0.122 e. The normalized spacial score (nSPS) is 11.2. The Kier molecular flexibility index (Phi) is 3.67. The van der Waals surface area contributed by atoms with Crippen molar-refractivity contribution in [2.45, 2.75) is 20.0 Å². The smallest absolute Gasteiger partial charge is 0.122 e. The number of hydrogen-bond donors (Lipinski definition) is 0. The number of aromatic nitrogens is 2. The second-order valence-electron chi connectivity index (χ2n) is 5.39. The number of pyridine rings is 1. The number of aryl methyl sites for hydroxylation is 1. The minimum absolute atomic E-state index is 0.565. The Labute approximate surface area is 138 Å².